The number of anilines is 1. The third-order valence-corrected chi connectivity index (χ3v) is 5.18. The van der Waals surface area contributed by atoms with Gasteiger partial charge in [-0.1, -0.05) is 6.92 Å². The molecule has 6 heteroatoms. The normalized spacial score (nSPS) is 26.4. The number of hydrogen-bond acceptors (Lipinski definition) is 4. The van der Waals surface area contributed by atoms with Gasteiger partial charge in [-0.25, -0.2) is 13.4 Å². The number of nitrogens with zero attached hydrogens (tertiary/aromatic N) is 2. The smallest absolute Gasteiger partial charge is 0.203 e. The quantitative estimate of drug-likeness (QED) is 0.903. The summed E-state index contributed by atoms with van der Waals surface area (Å²) in [6.07, 6.45) is 3.67. The van der Waals surface area contributed by atoms with E-state index in [1.165, 1.54) is 0 Å². The van der Waals surface area contributed by atoms with Crippen molar-refractivity contribution in [2.75, 3.05) is 16.8 Å². The van der Waals surface area contributed by atoms with Gasteiger partial charge in [0.1, 0.15) is 0 Å². The molecule has 18 heavy (non-hydrogen) atoms. The monoisotopic (exact) mass is 271 g/mol. The Kier molecular flexibility index (Phi) is 3.40. The lowest BCUT2D eigenvalue weighted by Gasteiger charge is -2.25. The molecular weight excluding hydrogens is 250 g/mol. The van der Waals surface area contributed by atoms with Crippen LogP contribution in [0, 0.1) is 6.92 Å². The van der Waals surface area contributed by atoms with E-state index in [0.717, 1.165) is 24.6 Å². The summed E-state index contributed by atoms with van der Waals surface area (Å²) in [6.45, 7) is 6.91. The molecule has 0 radical (unpaired) electrons. The largest absolute Gasteiger partial charge is 0.349 e. The zero-order chi connectivity index (χ0) is 13.4. The van der Waals surface area contributed by atoms with Crippen LogP contribution in [0.2, 0.25) is 0 Å². The van der Waals surface area contributed by atoms with E-state index >= 15 is 0 Å². The van der Waals surface area contributed by atoms with Crippen molar-refractivity contribution in [1.29, 1.82) is 0 Å². The summed E-state index contributed by atoms with van der Waals surface area (Å²) < 4.78 is 25.2. The summed E-state index contributed by atoms with van der Waals surface area (Å²) in [5.41, 5.74) is 0.567. The molecule has 2 heterocycles. The van der Waals surface area contributed by atoms with Crippen LogP contribution in [0.1, 0.15) is 32.4 Å². The van der Waals surface area contributed by atoms with Crippen molar-refractivity contribution >= 4 is 15.8 Å². The second kappa shape index (κ2) is 4.57. The maximum Gasteiger partial charge on any atom is 0.203 e. The predicted octanol–water partition coefficient (Wildman–Crippen LogP) is 1.59. The van der Waals surface area contributed by atoms with E-state index in [9.17, 15) is 8.42 Å². The Hall–Kier alpha value is -1.04. The minimum Gasteiger partial charge on any atom is -0.349 e. The van der Waals surface area contributed by atoms with Crippen molar-refractivity contribution in [3.05, 3.63) is 11.9 Å². The van der Waals surface area contributed by atoms with Crippen molar-refractivity contribution in [2.45, 2.75) is 45.7 Å². The molecule has 0 amide bonds. The van der Waals surface area contributed by atoms with Crippen LogP contribution in [-0.2, 0) is 16.4 Å². The Balaban J connectivity index is 2.19. The molecule has 2 rings (SSSR count). The molecule has 1 aliphatic rings. The first-order valence-electron chi connectivity index (χ1n) is 6.36. The van der Waals surface area contributed by atoms with Gasteiger partial charge in [-0.15, -0.1) is 0 Å². The highest BCUT2D eigenvalue weighted by Gasteiger charge is 2.39. The second-order valence-electron chi connectivity index (χ2n) is 5.43. The highest BCUT2D eigenvalue weighted by Crippen LogP contribution is 2.27. The van der Waals surface area contributed by atoms with Crippen LogP contribution >= 0.6 is 0 Å². The Morgan fingerprint density at radius 2 is 2.28 bits per heavy atom. The minimum absolute atomic E-state index is 0.192. The van der Waals surface area contributed by atoms with Crippen LogP contribution in [0.5, 0.6) is 0 Å². The van der Waals surface area contributed by atoms with Gasteiger partial charge in [-0.2, -0.15) is 0 Å². The molecule has 1 saturated heterocycles. The lowest BCUT2D eigenvalue weighted by Crippen LogP contribution is -2.37. The fraction of sp³-hybridized carbons (Fsp3) is 0.750. The fourth-order valence-corrected chi connectivity index (χ4v) is 4.53. The molecule has 1 aliphatic heterocycles. The molecule has 1 N–H and O–H groups in total. The maximum atomic E-state index is 11.6. The minimum atomic E-state index is -2.89. The van der Waals surface area contributed by atoms with Crippen LogP contribution in [0.3, 0.4) is 0 Å². The molecule has 0 saturated carbocycles. The van der Waals surface area contributed by atoms with Gasteiger partial charge >= 0.3 is 0 Å². The van der Waals surface area contributed by atoms with Gasteiger partial charge in [0.25, 0.3) is 0 Å². The number of nitrogens with one attached hydrogen (secondary N) is 1. The van der Waals surface area contributed by atoms with E-state index in [0.29, 0.717) is 6.42 Å². The number of aromatic nitrogens is 2. The number of sulfone groups is 1. The average molecular weight is 271 g/mol. The first-order chi connectivity index (χ1) is 8.34. The zero-order valence-electron chi connectivity index (χ0n) is 11.2. The summed E-state index contributed by atoms with van der Waals surface area (Å²) in [5.74, 6) is 1.25. The van der Waals surface area contributed by atoms with Gasteiger partial charge in [0.2, 0.25) is 5.95 Å². The topological polar surface area (TPSA) is 64.0 Å². The lowest BCUT2D eigenvalue weighted by molar-refractivity contribution is 0.559. The summed E-state index contributed by atoms with van der Waals surface area (Å²) in [6, 6.07) is 0. The first-order valence-corrected chi connectivity index (χ1v) is 8.18. The third-order valence-electron chi connectivity index (χ3n) is 3.28. The Morgan fingerprint density at radius 3 is 2.83 bits per heavy atom. The third kappa shape index (κ3) is 2.85. The molecule has 0 aromatic carbocycles. The van der Waals surface area contributed by atoms with E-state index in [2.05, 4.69) is 21.8 Å². The molecule has 1 fully saturated rings. The van der Waals surface area contributed by atoms with E-state index < -0.39 is 9.84 Å². The summed E-state index contributed by atoms with van der Waals surface area (Å²) >= 11 is 0. The first kappa shape index (κ1) is 13.4. The zero-order valence-corrected chi connectivity index (χ0v) is 12.0. The fourth-order valence-electron chi connectivity index (χ4n) is 2.44. The Labute approximate surface area is 109 Å². The van der Waals surface area contributed by atoms with Crippen LogP contribution in [0.15, 0.2) is 6.20 Å². The summed E-state index contributed by atoms with van der Waals surface area (Å²) in [4.78, 5) is 4.44. The molecule has 0 aliphatic carbocycles. The molecule has 1 unspecified atom stereocenters. The Bertz CT molecular complexity index is 536. The highest BCUT2D eigenvalue weighted by atomic mass is 32.2. The van der Waals surface area contributed by atoms with Gasteiger partial charge < -0.3 is 9.88 Å². The number of aryl methyl sites for hydroxylation is 2. The van der Waals surface area contributed by atoms with E-state index in [1.54, 1.807) is 0 Å². The average Bonchev–Trinajstić information content (AvgIpc) is 2.69. The van der Waals surface area contributed by atoms with Gasteiger partial charge in [-0.3, -0.25) is 0 Å². The van der Waals surface area contributed by atoms with Gasteiger partial charge in [0, 0.05) is 12.7 Å². The molecule has 1 atom stereocenters. The predicted molar refractivity (Wildman–Crippen MR) is 72.6 cm³/mol. The van der Waals surface area contributed by atoms with Crippen molar-refractivity contribution in [3.63, 3.8) is 0 Å². The van der Waals surface area contributed by atoms with Crippen molar-refractivity contribution in [2.24, 2.45) is 0 Å². The molecule has 1 aromatic rings. The van der Waals surface area contributed by atoms with Gasteiger partial charge in [0.15, 0.2) is 9.84 Å². The SMILES string of the molecule is CCCn1cc(C)nc1NC1(C)CCS(=O)(=O)C1. The lowest BCUT2D eigenvalue weighted by atomic mass is 10.0. The van der Waals surface area contributed by atoms with E-state index in [1.807, 2.05) is 20.0 Å². The van der Waals surface area contributed by atoms with E-state index in [4.69, 9.17) is 0 Å². The number of rotatable bonds is 4. The standard InChI is InChI=1S/C12H21N3O2S/c1-4-6-15-8-10(2)13-11(15)14-12(3)5-7-18(16,17)9-12/h8H,4-7,9H2,1-3H3,(H,13,14). The summed E-state index contributed by atoms with van der Waals surface area (Å²) in [5, 5.41) is 3.32. The maximum absolute atomic E-state index is 11.6. The molecule has 102 valence electrons. The molecule has 0 spiro atoms. The van der Waals surface area contributed by atoms with Crippen LogP contribution in [0.4, 0.5) is 5.95 Å². The van der Waals surface area contributed by atoms with Crippen LogP contribution in [0.25, 0.3) is 0 Å². The molecular formula is C12H21N3O2S. The molecule has 5 nitrogen and oxygen atoms in total. The molecule has 0 bridgehead atoms. The summed E-state index contributed by atoms with van der Waals surface area (Å²) in [7, 11) is -2.89. The van der Waals surface area contributed by atoms with E-state index in [-0.39, 0.29) is 17.0 Å². The van der Waals surface area contributed by atoms with Crippen molar-refractivity contribution in [1.82, 2.24) is 9.55 Å². The highest BCUT2D eigenvalue weighted by molar-refractivity contribution is 7.91. The second-order valence-corrected chi connectivity index (χ2v) is 7.61. The van der Waals surface area contributed by atoms with Crippen LogP contribution in [-0.4, -0.2) is 35.0 Å². The number of hydrogen-bond donors (Lipinski definition) is 1. The van der Waals surface area contributed by atoms with Crippen molar-refractivity contribution < 1.29 is 8.42 Å². The Morgan fingerprint density at radius 1 is 1.56 bits per heavy atom. The number of imidazole rings is 1. The molecule has 1 aromatic heterocycles. The van der Waals surface area contributed by atoms with Gasteiger partial charge in [0.05, 0.1) is 22.7 Å². The van der Waals surface area contributed by atoms with Crippen molar-refractivity contribution in [3.8, 4) is 0 Å². The van der Waals surface area contributed by atoms with Gasteiger partial charge in [-0.05, 0) is 26.7 Å². The van der Waals surface area contributed by atoms with Crippen LogP contribution < -0.4 is 5.32 Å².